The van der Waals surface area contributed by atoms with Crippen molar-refractivity contribution in [3.05, 3.63) is 71.8 Å². The monoisotopic (exact) mass is 460 g/mol. The molecule has 0 aliphatic carbocycles. The van der Waals surface area contributed by atoms with Crippen molar-refractivity contribution in [2.45, 2.75) is 44.2 Å². The summed E-state index contributed by atoms with van der Waals surface area (Å²) in [5.41, 5.74) is 2.02. The number of carbonyl (C=O) groups is 1. The summed E-state index contributed by atoms with van der Waals surface area (Å²) in [5, 5.41) is 1.89. The van der Waals surface area contributed by atoms with Gasteiger partial charge in [-0.15, -0.1) is 0 Å². The fraction of sp³-hybridized carbons (Fsp3) is 0.435. The molecule has 2 aromatic carbocycles. The molecule has 3 atom stereocenters. The first-order chi connectivity index (χ1) is 15.4. The van der Waals surface area contributed by atoms with E-state index in [0.717, 1.165) is 30.3 Å². The maximum Gasteiger partial charge on any atom is 0.410 e. The predicted octanol–water partition coefficient (Wildman–Crippen LogP) is 2.95. The highest BCUT2D eigenvalue weighted by Crippen LogP contribution is 2.31. The normalized spacial score (nSPS) is 24.0. The molecular formula is C23H28N2O6S. The summed E-state index contributed by atoms with van der Waals surface area (Å²) in [6, 6.07) is 19.1. The number of amides is 1. The molecule has 2 aromatic rings. The summed E-state index contributed by atoms with van der Waals surface area (Å²) in [4.78, 5) is 20.6. The molecule has 2 aliphatic heterocycles. The first kappa shape index (κ1) is 22.7. The Balaban J connectivity index is 1.41. The lowest BCUT2D eigenvalue weighted by Gasteiger charge is -2.28. The van der Waals surface area contributed by atoms with Crippen LogP contribution < -0.4 is 0 Å². The Kier molecular flexibility index (Phi) is 7.10. The molecule has 4 rings (SSSR count). The van der Waals surface area contributed by atoms with Crippen LogP contribution in [0.15, 0.2) is 60.7 Å². The molecule has 2 saturated heterocycles. The Morgan fingerprint density at radius 1 is 1.06 bits per heavy atom. The van der Waals surface area contributed by atoms with Crippen LogP contribution in [0, 0.1) is 0 Å². The lowest BCUT2D eigenvalue weighted by Crippen LogP contribution is -2.43. The summed E-state index contributed by atoms with van der Waals surface area (Å²) in [6.07, 6.45) is 0.750. The molecule has 2 heterocycles. The van der Waals surface area contributed by atoms with Crippen molar-refractivity contribution in [1.29, 1.82) is 0 Å². The Morgan fingerprint density at radius 3 is 2.38 bits per heavy atom. The van der Waals surface area contributed by atoms with Crippen LogP contribution in [0.25, 0.3) is 0 Å². The third kappa shape index (κ3) is 6.07. The zero-order chi connectivity index (χ0) is 22.6. The third-order valence-corrected chi connectivity index (χ3v) is 6.26. The molecule has 32 heavy (non-hydrogen) atoms. The van der Waals surface area contributed by atoms with Crippen LogP contribution in [0.4, 0.5) is 4.79 Å². The van der Waals surface area contributed by atoms with E-state index in [9.17, 15) is 13.2 Å². The molecule has 8 nitrogen and oxygen atoms in total. The maximum absolute atomic E-state index is 12.9. The van der Waals surface area contributed by atoms with Gasteiger partial charge in [0.1, 0.15) is 12.7 Å². The van der Waals surface area contributed by atoms with Crippen LogP contribution in [0.3, 0.4) is 0 Å². The second-order valence-electron chi connectivity index (χ2n) is 8.20. The van der Waals surface area contributed by atoms with Gasteiger partial charge in [0.25, 0.3) is 10.1 Å². The van der Waals surface area contributed by atoms with Gasteiger partial charge in [-0.25, -0.2) is 4.79 Å². The molecule has 0 aromatic heterocycles. The number of nitrogens with zero attached hydrogens (tertiary/aromatic N) is 2. The Labute approximate surface area is 188 Å². The van der Waals surface area contributed by atoms with Gasteiger partial charge in [0, 0.05) is 13.1 Å². The maximum atomic E-state index is 12.9. The lowest BCUT2D eigenvalue weighted by molar-refractivity contribution is -0.165. The smallest absolute Gasteiger partial charge is 0.410 e. The van der Waals surface area contributed by atoms with Crippen LogP contribution in [0.2, 0.25) is 0 Å². The quantitative estimate of drug-likeness (QED) is 0.587. The molecule has 9 heteroatoms. The topological polar surface area (TPSA) is 85.4 Å². The molecule has 0 bridgehead atoms. The van der Waals surface area contributed by atoms with Crippen molar-refractivity contribution in [3.63, 3.8) is 0 Å². The molecule has 0 radical (unpaired) electrons. The number of carbonyl (C=O) groups excluding carboxylic acids is 1. The van der Waals surface area contributed by atoms with Crippen molar-refractivity contribution in [3.8, 4) is 0 Å². The van der Waals surface area contributed by atoms with Crippen molar-refractivity contribution >= 4 is 16.2 Å². The second-order valence-corrected chi connectivity index (χ2v) is 9.80. The van der Waals surface area contributed by atoms with Gasteiger partial charge in [-0.1, -0.05) is 60.7 Å². The fourth-order valence-corrected chi connectivity index (χ4v) is 4.88. The van der Waals surface area contributed by atoms with E-state index in [1.54, 1.807) is 4.90 Å². The minimum Gasteiger partial charge on any atom is -0.445 e. The van der Waals surface area contributed by atoms with E-state index in [0.29, 0.717) is 13.0 Å². The highest BCUT2D eigenvalue weighted by molar-refractivity contribution is 7.86. The molecule has 1 amide bonds. The number of benzene rings is 2. The SMILES string of the molecule is CS(=O)(=O)O[C@@H]1C[C@@H]([C@@H]2CCN(Cc3ccccc3)O2)N(C(=O)OCc2ccccc2)C1. The number of rotatable bonds is 7. The van der Waals surface area contributed by atoms with E-state index >= 15 is 0 Å². The van der Waals surface area contributed by atoms with Crippen LogP contribution in [0.1, 0.15) is 24.0 Å². The van der Waals surface area contributed by atoms with Crippen molar-refractivity contribution in [2.24, 2.45) is 0 Å². The summed E-state index contributed by atoms with van der Waals surface area (Å²) >= 11 is 0. The molecule has 0 N–H and O–H groups in total. The van der Waals surface area contributed by atoms with Gasteiger partial charge in [0.15, 0.2) is 0 Å². The van der Waals surface area contributed by atoms with Crippen LogP contribution in [-0.2, 0) is 37.0 Å². The average Bonchev–Trinajstić information content (AvgIpc) is 3.39. The summed E-state index contributed by atoms with van der Waals surface area (Å²) in [6.45, 7) is 1.66. The molecule has 2 fully saturated rings. The van der Waals surface area contributed by atoms with Crippen LogP contribution >= 0.6 is 0 Å². The van der Waals surface area contributed by atoms with Crippen molar-refractivity contribution in [1.82, 2.24) is 9.96 Å². The number of hydroxylamine groups is 2. The zero-order valence-corrected chi connectivity index (χ0v) is 18.8. The average molecular weight is 461 g/mol. The first-order valence-electron chi connectivity index (χ1n) is 10.7. The number of hydrogen-bond donors (Lipinski definition) is 0. The lowest BCUT2D eigenvalue weighted by atomic mass is 10.1. The van der Waals surface area contributed by atoms with Crippen LogP contribution in [0.5, 0.6) is 0 Å². The molecular weight excluding hydrogens is 432 g/mol. The second kappa shape index (κ2) is 9.99. The van der Waals surface area contributed by atoms with Gasteiger partial charge in [0.05, 0.1) is 24.9 Å². The minimum absolute atomic E-state index is 0.143. The molecule has 0 saturated carbocycles. The standard InChI is InChI=1S/C23H28N2O6S/c1-32(27,28)31-20-14-21(22-12-13-24(30-22)15-18-8-4-2-5-9-18)25(16-20)23(26)29-17-19-10-6-3-7-11-19/h2-11,20-22H,12-17H2,1H3/t20-,21+,22+/m1/s1. The zero-order valence-electron chi connectivity index (χ0n) is 18.0. The first-order valence-corrected chi connectivity index (χ1v) is 12.5. The van der Waals surface area contributed by atoms with E-state index in [-0.39, 0.29) is 25.3 Å². The van der Waals surface area contributed by atoms with Crippen LogP contribution in [-0.4, -0.2) is 62.1 Å². The highest BCUT2D eigenvalue weighted by Gasteiger charge is 2.45. The van der Waals surface area contributed by atoms with Crippen molar-refractivity contribution < 1.29 is 27.0 Å². The number of likely N-dealkylation sites (tertiary alicyclic amines) is 1. The predicted molar refractivity (Wildman–Crippen MR) is 118 cm³/mol. The van der Waals surface area contributed by atoms with E-state index in [1.807, 2.05) is 65.7 Å². The number of hydrogen-bond acceptors (Lipinski definition) is 7. The summed E-state index contributed by atoms with van der Waals surface area (Å²) in [7, 11) is -3.64. The third-order valence-electron chi connectivity index (χ3n) is 5.63. The van der Waals surface area contributed by atoms with E-state index in [2.05, 4.69) is 0 Å². The van der Waals surface area contributed by atoms with Gasteiger partial charge in [-0.3, -0.25) is 13.9 Å². The molecule has 0 unspecified atom stereocenters. The summed E-state index contributed by atoms with van der Waals surface area (Å²) < 4.78 is 34.0. The van der Waals surface area contributed by atoms with Gasteiger partial charge >= 0.3 is 6.09 Å². The summed E-state index contributed by atoms with van der Waals surface area (Å²) in [5.74, 6) is 0. The fourth-order valence-electron chi connectivity index (χ4n) is 4.24. The van der Waals surface area contributed by atoms with Crippen molar-refractivity contribution in [2.75, 3.05) is 19.3 Å². The van der Waals surface area contributed by atoms with E-state index in [1.165, 1.54) is 0 Å². The van der Waals surface area contributed by atoms with Gasteiger partial charge < -0.3 is 4.74 Å². The Bertz CT molecular complexity index is 1000. The molecule has 2 aliphatic rings. The largest absolute Gasteiger partial charge is 0.445 e. The van der Waals surface area contributed by atoms with E-state index in [4.69, 9.17) is 13.8 Å². The van der Waals surface area contributed by atoms with E-state index < -0.39 is 22.3 Å². The van der Waals surface area contributed by atoms with Gasteiger partial charge in [-0.05, 0) is 24.0 Å². The van der Waals surface area contributed by atoms with Gasteiger partial charge in [0.2, 0.25) is 0 Å². The highest BCUT2D eigenvalue weighted by atomic mass is 32.2. The molecule has 172 valence electrons. The number of ether oxygens (including phenoxy) is 1. The molecule has 0 spiro atoms. The Hall–Kier alpha value is -2.46. The Morgan fingerprint density at radius 2 is 1.72 bits per heavy atom. The minimum atomic E-state index is -3.64. The van der Waals surface area contributed by atoms with Gasteiger partial charge in [-0.2, -0.15) is 13.5 Å².